The standard InChI is InChI=1S/C19H20O9/c20-17(26-8-14-5-23-14)3-11-1-12(18(21)27-9-15-6-24-15)4-13(2-11)19(22)28-10-16-7-25-16/h1-2,4,14-16H,3,5-10H2. The van der Waals surface area contributed by atoms with Crippen LogP contribution in [0.1, 0.15) is 26.3 Å². The lowest BCUT2D eigenvalue weighted by atomic mass is 10.0. The summed E-state index contributed by atoms with van der Waals surface area (Å²) in [6.45, 7) is 2.18. The summed E-state index contributed by atoms with van der Waals surface area (Å²) in [6.07, 6.45) is -0.277. The molecule has 1 aromatic rings. The van der Waals surface area contributed by atoms with Crippen LogP contribution in [0.4, 0.5) is 0 Å². The maximum atomic E-state index is 12.3. The first-order chi connectivity index (χ1) is 13.6. The van der Waals surface area contributed by atoms with Gasteiger partial charge in [-0.15, -0.1) is 0 Å². The van der Waals surface area contributed by atoms with Gasteiger partial charge in [-0.25, -0.2) is 9.59 Å². The van der Waals surface area contributed by atoms with Crippen molar-refractivity contribution >= 4 is 17.9 Å². The molecule has 0 amide bonds. The fourth-order valence-electron chi connectivity index (χ4n) is 2.43. The summed E-state index contributed by atoms with van der Waals surface area (Å²) in [5.41, 5.74) is 0.769. The Balaban J connectivity index is 1.44. The van der Waals surface area contributed by atoms with Gasteiger partial charge in [-0.3, -0.25) is 4.79 Å². The molecule has 9 nitrogen and oxygen atoms in total. The van der Waals surface area contributed by atoms with Crippen molar-refractivity contribution in [1.82, 2.24) is 0 Å². The highest BCUT2D eigenvalue weighted by Gasteiger charge is 2.27. The molecule has 0 aromatic heterocycles. The lowest BCUT2D eigenvalue weighted by Crippen LogP contribution is -2.16. The van der Waals surface area contributed by atoms with Crippen molar-refractivity contribution in [3.63, 3.8) is 0 Å². The highest BCUT2D eigenvalue weighted by molar-refractivity contribution is 5.96. The number of carbonyl (C=O) groups is 3. The molecule has 0 N–H and O–H groups in total. The zero-order chi connectivity index (χ0) is 19.5. The van der Waals surface area contributed by atoms with E-state index < -0.39 is 17.9 Å². The molecule has 0 saturated carbocycles. The molecule has 3 aliphatic rings. The van der Waals surface area contributed by atoms with Crippen LogP contribution < -0.4 is 0 Å². The van der Waals surface area contributed by atoms with Gasteiger partial charge in [0.25, 0.3) is 0 Å². The second kappa shape index (κ2) is 8.26. The number of hydrogen-bond donors (Lipinski definition) is 0. The van der Waals surface area contributed by atoms with Crippen LogP contribution >= 0.6 is 0 Å². The summed E-state index contributed by atoms with van der Waals surface area (Å²) in [7, 11) is 0. The van der Waals surface area contributed by atoms with E-state index in [-0.39, 0.29) is 55.7 Å². The molecule has 0 spiro atoms. The number of rotatable bonds is 10. The van der Waals surface area contributed by atoms with Crippen molar-refractivity contribution in [1.29, 1.82) is 0 Å². The smallest absolute Gasteiger partial charge is 0.338 e. The van der Waals surface area contributed by atoms with E-state index >= 15 is 0 Å². The van der Waals surface area contributed by atoms with Crippen molar-refractivity contribution in [3.8, 4) is 0 Å². The average molecular weight is 392 g/mol. The van der Waals surface area contributed by atoms with Crippen LogP contribution in [0.15, 0.2) is 18.2 Å². The first kappa shape index (κ1) is 18.9. The molecule has 4 rings (SSSR count). The largest absolute Gasteiger partial charge is 0.463 e. The Labute approximate surface area is 160 Å². The van der Waals surface area contributed by atoms with Gasteiger partial charge in [-0.1, -0.05) is 0 Å². The number of benzene rings is 1. The molecule has 3 atom stereocenters. The van der Waals surface area contributed by atoms with Crippen molar-refractivity contribution in [2.24, 2.45) is 0 Å². The predicted molar refractivity (Wildman–Crippen MR) is 90.9 cm³/mol. The summed E-state index contributed by atoms with van der Waals surface area (Å²) in [6, 6.07) is 4.40. The minimum absolute atomic E-state index is 0.0370. The van der Waals surface area contributed by atoms with Crippen LogP contribution in [0.5, 0.6) is 0 Å². The van der Waals surface area contributed by atoms with Gasteiger partial charge in [0.05, 0.1) is 37.4 Å². The van der Waals surface area contributed by atoms with Crippen LogP contribution in [-0.2, 0) is 39.6 Å². The highest BCUT2D eigenvalue weighted by atomic mass is 16.6. The Kier molecular flexibility index (Phi) is 5.56. The van der Waals surface area contributed by atoms with E-state index in [1.54, 1.807) is 0 Å². The van der Waals surface area contributed by atoms with E-state index in [1.165, 1.54) is 18.2 Å². The van der Waals surface area contributed by atoms with Crippen LogP contribution in [0.25, 0.3) is 0 Å². The molecule has 3 saturated heterocycles. The first-order valence-corrected chi connectivity index (χ1v) is 9.05. The van der Waals surface area contributed by atoms with Crippen molar-refractivity contribution < 1.29 is 42.8 Å². The van der Waals surface area contributed by atoms with Crippen molar-refractivity contribution in [3.05, 3.63) is 34.9 Å². The maximum absolute atomic E-state index is 12.3. The predicted octanol–water partition coefficient (Wildman–Crippen LogP) is 0.282. The summed E-state index contributed by atoms with van der Waals surface area (Å²) >= 11 is 0. The third-order valence-electron chi connectivity index (χ3n) is 4.25. The van der Waals surface area contributed by atoms with Gasteiger partial charge in [0.1, 0.15) is 38.1 Å². The van der Waals surface area contributed by atoms with Gasteiger partial charge < -0.3 is 28.4 Å². The zero-order valence-electron chi connectivity index (χ0n) is 15.1. The molecule has 3 unspecified atom stereocenters. The van der Waals surface area contributed by atoms with Crippen LogP contribution in [0.3, 0.4) is 0 Å². The molecule has 1 aromatic carbocycles. The summed E-state index contributed by atoms with van der Waals surface area (Å²) in [5, 5.41) is 0. The first-order valence-electron chi connectivity index (χ1n) is 9.05. The second-order valence-electron chi connectivity index (χ2n) is 6.84. The van der Waals surface area contributed by atoms with Crippen LogP contribution in [0, 0.1) is 0 Å². The minimum atomic E-state index is -0.600. The zero-order valence-corrected chi connectivity index (χ0v) is 15.1. The molecule has 3 fully saturated rings. The fourth-order valence-corrected chi connectivity index (χ4v) is 2.43. The van der Waals surface area contributed by atoms with Gasteiger partial charge in [0.2, 0.25) is 0 Å². The third kappa shape index (κ3) is 5.75. The summed E-state index contributed by atoms with van der Waals surface area (Å²) in [5.74, 6) is -1.67. The van der Waals surface area contributed by atoms with Crippen molar-refractivity contribution in [2.45, 2.75) is 24.7 Å². The molecule has 0 radical (unpaired) electrons. The fraction of sp³-hybridized carbons (Fsp3) is 0.526. The van der Waals surface area contributed by atoms with Gasteiger partial charge >= 0.3 is 17.9 Å². The minimum Gasteiger partial charge on any atom is -0.463 e. The Morgan fingerprint density at radius 2 is 1.18 bits per heavy atom. The lowest BCUT2D eigenvalue weighted by Gasteiger charge is -2.10. The number of ether oxygens (including phenoxy) is 6. The molecule has 3 aliphatic heterocycles. The molecule has 9 heteroatoms. The Bertz CT molecular complexity index is 716. The molecular weight excluding hydrogens is 372 g/mol. The monoisotopic (exact) mass is 392 g/mol. The van der Waals surface area contributed by atoms with E-state index in [1.807, 2.05) is 0 Å². The van der Waals surface area contributed by atoms with E-state index in [9.17, 15) is 14.4 Å². The number of hydrogen-bond acceptors (Lipinski definition) is 9. The van der Waals surface area contributed by atoms with E-state index in [0.29, 0.717) is 25.4 Å². The quantitative estimate of drug-likeness (QED) is 0.314. The Morgan fingerprint density at radius 1 is 0.750 bits per heavy atom. The normalized spacial score (nSPS) is 24.2. The molecule has 0 bridgehead atoms. The summed E-state index contributed by atoms with van der Waals surface area (Å²) < 4.78 is 30.5. The Hall–Kier alpha value is -2.49. The molecule has 150 valence electrons. The number of epoxide rings is 3. The average Bonchev–Trinajstić information content (AvgIpc) is 3.56. The van der Waals surface area contributed by atoms with Gasteiger partial charge in [-0.05, 0) is 23.8 Å². The maximum Gasteiger partial charge on any atom is 0.338 e. The van der Waals surface area contributed by atoms with E-state index in [2.05, 4.69) is 0 Å². The van der Waals surface area contributed by atoms with Crippen LogP contribution in [0.2, 0.25) is 0 Å². The SMILES string of the molecule is O=C(Cc1cc(C(=O)OCC2CO2)cc(C(=O)OCC2CO2)c1)OCC1CO1. The van der Waals surface area contributed by atoms with Crippen molar-refractivity contribution in [2.75, 3.05) is 39.6 Å². The number of carbonyl (C=O) groups excluding carboxylic acids is 3. The lowest BCUT2D eigenvalue weighted by molar-refractivity contribution is -0.143. The molecule has 28 heavy (non-hydrogen) atoms. The molecular formula is C19H20O9. The van der Waals surface area contributed by atoms with Gasteiger partial charge in [0, 0.05) is 0 Å². The van der Waals surface area contributed by atoms with Gasteiger partial charge in [-0.2, -0.15) is 0 Å². The number of esters is 3. The molecule has 0 aliphatic carbocycles. The molecule has 3 heterocycles. The Morgan fingerprint density at radius 3 is 1.61 bits per heavy atom. The third-order valence-corrected chi connectivity index (χ3v) is 4.25. The van der Waals surface area contributed by atoms with Crippen LogP contribution in [-0.4, -0.2) is 75.9 Å². The van der Waals surface area contributed by atoms with E-state index in [0.717, 1.165) is 0 Å². The summed E-state index contributed by atoms with van der Waals surface area (Å²) in [4.78, 5) is 36.6. The van der Waals surface area contributed by atoms with E-state index in [4.69, 9.17) is 28.4 Å². The highest BCUT2D eigenvalue weighted by Crippen LogP contribution is 2.18. The van der Waals surface area contributed by atoms with Gasteiger partial charge in [0.15, 0.2) is 0 Å². The second-order valence-corrected chi connectivity index (χ2v) is 6.84. The topological polar surface area (TPSA) is 116 Å².